The average Bonchev–Trinajstić information content (AvgIpc) is 3.10. The Labute approximate surface area is 139 Å². The van der Waals surface area contributed by atoms with Gasteiger partial charge in [0.25, 0.3) is 11.8 Å². The third-order valence-electron chi connectivity index (χ3n) is 4.12. The van der Waals surface area contributed by atoms with Gasteiger partial charge in [-0.2, -0.15) is 0 Å². The molecule has 0 aliphatic heterocycles. The summed E-state index contributed by atoms with van der Waals surface area (Å²) in [6.45, 7) is 0.342. The van der Waals surface area contributed by atoms with E-state index in [1.807, 2.05) is 0 Å². The van der Waals surface area contributed by atoms with Gasteiger partial charge < -0.3 is 10.6 Å². The van der Waals surface area contributed by atoms with Crippen LogP contribution in [0.25, 0.3) is 0 Å². The normalized spacial score (nSPS) is 15.7. The van der Waals surface area contributed by atoms with Crippen molar-refractivity contribution in [1.82, 2.24) is 30.6 Å². The highest BCUT2D eigenvalue weighted by Crippen LogP contribution is 2.29. The molecule has 2 heterocycles. The molecular weight excluding hydrogens is 308 g/mol. The average molecular weight is 326 g/mol. The van der Waals surface area contributed by atoms with Crippen LogP contribution in [0.3, 0.4) is 0 Å². The Bertz CT molecular complexity index is 701. The maximum atomic E-state index is 12.4. The van der Waals surface area contributed by atoms with E-state index in [9.17, 15) is 9.59 Å². The van der Waals surface area contributed by atoms with Gasteiger partial charge in [0, 0.05) is 31.3 Å². The first-order valence-electron chi connectivity index (χ1n) is 7.81. The molecule has 0 bridgehead atoms. The number of carbonyl (C=O) groups is 2. The van der Waals surface area contributed by atoms with E-state index < -0.39 is 5.54 Å². The maximum absolute atomic E-state index is 12.4. The van der Waals surface area contributed by atoms with E-state index >= 15 is 0 Å². The van der Waals surface area contributed by atoms with Crippen molar-refractivity contribution >= 4 is 11.8 Å². The number of hydrogen-bond donors (Lipinski definition) is 2. The van der Waals surface area contributed by atoms with Gasteiger partial charge in [-0.1, -0.05) is 12.8 Å². The second-order valence-electron chi connectivity index (χ2n) is 5.81. The predicted molar refractivity (Wildman–Crippen MR) is 85.1 cm³/mol. The van der Waals surface area contributed by atoms with Gasteiger partial charge in [0.15, 0.2) is 0 Å². The zero-order valence-corrected chi connectivity index (χ0v) is 13.1. The van der Waals surface area contributed by atoms with Gasteiger partial charge in [-0.05, 0) is 12.8 Å². The highest BCUT2D eigenvalue weighted by molar-refractivity contribution is 5.93. The summed E-state index contributed by atoms with van der Waals surface area (Å²) in [4.78, 5) is 40.3. The second-order valence-corrected chi connectivity index (χ2v) is 5.81. The Morgan fingerprint density at radius 3 is 2.04 bits per heavy atom. The van der Waals surface area contributed by atoms with Crippen molar-refractivity contribution in [3.8, 4) is 0 Å². The molecule has 1 saturated carbocycles. The zero-order valence-electron chi connectivity index (χ0n) is 13.1. The molecule has 0 unspecified atom stereocenters. The van der Waals surface area contributed by atoms with E-state index in [-0.39, 0.29) is 23.2 Å². The molecule has 1 aliphatic rings. The summed E-state index contributed by atoms with van der Waals surface area (Å²) in [6.07, 6.45) is 12.4. The van der Waals surface area contributed by atoms with Crippen molar-refractivity contribution in [2.45, 2.75) is 31.2 Å². The standard InChI is InChI=1S/C16H18N6O2/c23-14(12-9-17-5-7-19-12)21-11-16(3-1-2-4-16)22-15(24)13-10-18-6-8-20-13/h5-10H,1-4,11H2,(H,21,23)(H,22,24). The number of amides is 2. The Kier molecular flexibility index (Phi) is 4.74. The molecule has 0 radical (unpaired) electrons. The molecule has 1 fully saturated rings. The number of aromatic nitrogens is 4. The van der Waals surface area contributed by atoms with Crippen LogP contribution in [0, 0.1) is 0 Å². The molecule has 8 nitrogen and oxygen atoms in total. The quantitative estimate of drug-likeness (QED) is 0.838. The van der Waals surface area contributed by atoms with Crippen LogP contribution in [0.2, 0.25) is 0 Å². The molecule has 2 aromatic rings. The second kappa shape index (κ2) is 7.12. The van der Waals surface area contributed by atoms with E-state index in [4.69, 9.17) is 0 Å². The Morgan fingerprint density at radius 1 is 0.917 bits per heavy atom. The lowest BCUT2D eigenvalue weighted by Crippen LogP contribution is -2.54. The van der Waals surface area contributed by atoms with E-state index in [0.29, 0.717) is 6.54 Å². The topological polar surface area (TPSA) is 110 Å². The van der Waals surface area contributed by atoms with Gasteiger partial charge in [0.2, 0.25) is 0 Å². The third-order valence-corrected chi connectivity index (χ3v) is 4.12. The lowest BCUT2D eigenvalue weighted by molar-refractivity contribution is 0.0861. The summed E-state index contributed by atoms with van der Waals surface area (Å²) < 4.78 is 0. The van der Waals surface area contributed by atoms with Gasteiger partial charge in [-0.3, -0.25) is 19.6 Å². The predicted octanol–water partition coefficient (Wildman–Crippen LogP) is 0.739. The molecular formula is C16H18N6O2. The first kappa shape index (κ1) is 16.0. The Balaban J connectivity index is 1.65. The number of carbonyl (C=O) groups excluding carboxylic acids is 2. The first-order valence-corrected chi connectivity index (χ1v) is 7.81. The molecule has 0 saturated heterocycles. The van der Waals surface area contributed by atoms with Gasteiger partial charge in [0.1, 0.15) is 11.4 Å². The molecule has 0 atom stereocenters. The van der Waals surface area contributed by atoms with Crippen LogP contribution >= 0.6 is 0 Å². The van der Waals surface area contributed by atoms with Crippen molar-refractivity contribution < 1.29 is 9.59 Å². The molecule has 2 amide bonds. The van der Waals surface area contributed by atoms with E-state index in [0.717, 1.165) is 25.7 Å². The Hall–Kier alpha value is -2.90. The van der Waals surface area contributed by atoms with Crippen LogP contribution in [0.1, 0.15) is 46.7 Å². The number of hydrogen-bond acceptors (Lipinski definition) is 6. The summed E-state index contributed by atoms with van der Waals surface area (Å²) in [5, 5.41) is 5.87. The van der Waals surface area contributed by atoms with E-state index in [1.54, 1.807) is 0 Å². The van der Waals surface area contributed by atoms with Crippen molar-refractivity contribution in [3.63, 3.8) is 0 Å². The van der Waals surface area contributed by atoms with Crippen molar-refractivity contribution in [1.29, 1.82) is 0 Å². The fraction of sp³-hybridized carbons (Fsp3) is 0.375. The summed E-state index contributed by atoms with van der Waals surface area (Å²) in [6, 6.07) is 0. The van der Waals surface area contributed by atoms with Gasteiger partial charge in [-0.15, -0.1) is 0 Å². The van der Waals surface area contributed by atoms with Crippen LogP contribution in [-0.4, -0.2) is 43.8 Å². The lowest BCUT2D eigenvalue weighted by atomic mass is 9.97. The summed E-state index contributed by atoms with van der Waals surface area (Å²) in [5.41, 5.74) is 0.0573. The van der Waals surface area contributed by atoms with E-state index in [1.165, 1.54) is 37.2 Å². The highest BCUT2D eigenvalue weighted by Gasteiger charge is 2.36. The number of nitrogens with zero attached hydrogens (tertiary/aromatic N) is 4. The smallest absolute Gasteiger partial charge is 0.271 e. The minimum atomic E-state index is -0.466. The van der Waals surface area contributed by atoms with Gasteiger partial charge in [0.05, 0.1) is 17.9 Å². The van der Waals surface area contributed by atoms with Crippen LogP contribution in [0.4, 0.5) is 0 Å². The highest BCUT2D eigenvalue weighted by atomic mass is 16.2. The summed E-state index contributed by atoms with van der Waals surface area (Å²) in [7, 11) is 0. The van der Waals surface area contributed by atoms with Crippen molar-refractivity contribution in [2.75, 3.05) is 6.54 Å². The molecule has 3 rings (SSSR count). The SMILES string of the molecule is O=C(NCC1(NC(=O)c2cnccn2)CCCC1)c1cnccn1. The van der Waals surface area contributed by atoms with E-state index in [2.05, 4.69) is 30.6 Å². The van der Waals surface area contributed by atoms with Crippen LogP contribution < -0.4 is 10.6 Å². The molecule has 0 aromatic carbocycles. The van der Waals surface area contributed by atoms with Crippen molar-refractivity contribution in [2.24, 2.45) is 0 Å². The monoisotopic (exact) mass is 326 g/mol. The molecule has 24 heavy (non-hydrogen) atoms. The molecule has 0 spiro atoms. The fourth-order valence-electron chi connectivity index (χ4n) is 2.88. The molecule has 8 heteroatoms. The summed E-state index contributed by atoms with van der Waals surface area (Å²) in [5.74, 6) is -0.582. The zero-order chi connectivity index (χ0) is 16.8. The lowest BCUT2D eigenvalue weighted by Gasteiger charge is -2.30. The van der Waals surface area contributed by atoms with Crippen LogP contribution in [0.5, 0.6) is 0 Å². The largest absolute Gasteiger partial charge is 0.348 e. The minimum Gasteiger partial charge on any atom is -0.348 e. The minimum absolute atomic E-state index is 0.255. The molecule has 1 aliphatic carbocycles. The fourth-order valence-corrected chi connectivity index (χ4v) is 2.88. The summed E-state index contributed by atoms with van der Waals surface area (Å²) >= 11 is 0. The number of rotatable bonds is 5. The Morgan fingerprint density at radius 2 is 1.50 bits per heavy atom. The van der Waals surface area contributed by atoms with Gasteiger partial charge in [-0.25, -0.2) is 9.97 Å². The first-order chi connectivity index (χ1) is 11.7. The number of nitrogens with one attached hydrogen (secondary N) is 2. The third kappa shape index (κ3) is 3.70. The van der Waals surface area contributed by atoms with Crippen LogP contribution in [0.15, 0.2) is 37.2 Å². The maximum Gasteiger partial charge on any atom is 0.271 e. The van der Waals surface area contributed by atoms with Crippen LogP contribution in [-0.2, 0) is 0 Å². The van der Waals surface area contributed by atoms with Gasteiger partial charge >= 0.3 is 0 Å². The molecule has 124 valence electrons. The van der Waals surface area contributed by atoms with Crippen molar-refractivity contribution in [3.05, 3.63) is 48.6 Å². The molecule has 2 aromatic heterocycles. The molecule has 2 N–H and O–H groups in total.